The number of nitrogens with two attached hydrogens (primary N) is 2. The largest absolute Gasteiger partial charge is 0.397 e. The Bertz CT molecular complexity index is 1350. The zero-order chi connectivity index (χ0) is 23.7. The standard InChI is InChI=1S/C27H25N5O2/c28-23-16-19(10-13-24(23)31-29)17-8-11-20(12-9-17)30-14-3-15-32-26(33)21-6-1-4-18-5-2-7-22(25(18)21)27(32)34/h1-2,4-13,16,30-31H,3,14-15,28-29H2. The minimum atomic E-state index is -0.228. The van der Waals surface area contributed by atoms with Crippen LogP contribution in [0.1, 0.15) is 27.1 Å². The molecule has 0 spiro atoms. The molecule has 0 bridgehead atoms. The number of nitrogens with one attached hydrogen (secondary N) is 2. The molecule has 0 radical (unpaired) electrons. The van der Waals surface area contributed by atoms with Crippen molar-refractivity contribution in [2.75, 3.05) is 29.6 Å². The number of hydrogen-bond acceptors (Lipinski definition) is 6. The predicted octanol–water partition coefficient (Wildman–Crippen LogP) is 4.47. The van der Waals surface area contributed by atoms with Crippen LogP contribution in [-0.4, -0.2) is 29.8 Å². The van der Waals surface area contributed by atoms with Gasteiger partial charge in [-0.2, -0.15) is 0 Å². The van der Waals surface area contributed by atoms with Gasteiger partial charge in [-0.25, -0.2) is 0 Å². The van der Waals surface area contributed by atoms with Gasteiger partial charge >= 0.3 is 0 Å². The number of hydrogen-bond donors (Lipinski definition) is 4. The predicted molar refractivity (Wildman–Crippen MR) is 137 cm³/mol. The number of rotatable bonds is 7. The number of anilines is 3. The number of hydrazine groups is 1. The van der Waals surface area contributed by atoms with E-state index in [1.165, 1.54) is 4.90 Å². The summed E-state index contributed by atoms with van der Waals surface area (Å²) in [5.41, 5.74) is 14.0. The Hall–Kier alpha value is -4.36. The van der Waals surface area contributed by atoms with Crippen molar-refractivity contribution in [2.24, 2.45) is 5.84 Å². The first kappa shape index (κ1) is 21.5. The summed E-state index contributed by atoms with van der Waals surface area (Å²) in [5, 5.41) is 5.03. The molecular formula is C27H25N5O2. The van der Waals surface area contributed by atoms with Crippen LogP contribution in [-0.2, 0) is 0 Å². The van der Waals surface area contributed by atoms with Gasteiger partial charge in [0.1, 0.15) is 0 Å². The van der Waals surface area contributed by atoms with E-state index in [0.29, 0.717) is 42.0 Å². The molecule has 7 heteroatoms. The summed E-state index contributed by atoms with van der Waals surface area (Å²) in [5.74, 6) is 4.98. The van der Waals surface area contributed by atoms with Crippen molar-refractivity contribution in [2.45, 2.75) is 6.42 Å². The average molecular weight is 452 g/mol. The van der Waals surface area contributed by atoms with Gasteiger partial charge in [-0.3, -0.25) is 20.3 Å². The molecule has 4 aromatic carbocycles. The van der Waals surface area contributed by atoms with Gasteiger partial charge in [0.05, 0.1) is 11.4 Å². The normalized spacial score (nSPS) is 12.8. The summed E-state index contributed by atoms with van der Waals surface area (Å²) < 4.78 is 0. The molecule has 5 rings (SSSR count). The van der Waals surface area contributed by atoms with Gasteiger partial charge in [-0.15, -0.1) is 0 Å². The highest BCUT2D eigenvalue weighted by Crippen LogP contribution is 2.30. The summed E-state index contributed by atoms with van der Waals surface area (Å²) in [6.07, 6.45) is 0.640. The molecular weight excluding hydrogens is 426 g/mol. The number of carbonyl (C=O) groups excluding carboxylic acids is 2. The van der Waals surface area contributed by atoms with Crippen LogP contribution in [0, 0.1) is 0 Å². The van der Waals surface area contributed by atoms with Crippen LogP contribution >= 0.6 is 0 Å². The molecule has 34 heavy (non-hydrogen) atoms. The van der Waals surface area contributed by atoms with Gasteiger partial charge in [0.15, 0.2) is 0 Å². The molecule has 0 atom stereocenters. The fraction of sp³-hybridized carbons (Fsp3) is 0.111. The van der Waals surface area contributed by atoms with Crippen molar-refractivity contribution in [3.63, 3.8) is 0 Å². The topological polar surface area (TPSA) is 113 Å². The number of nitrogens with zero attached hydrogens (tertiary/aromatic N) is 1. The SMILES string of the molecule is NNc1ccc(-c2ccc(NCCCN3C(=O)c4cccc5cccc(c45)C3=O)cc2)cc1N. The van der Waals surface area contributed by atoms with Crippen LogP contribution in [0.5, 0.6) is 0 Å². The van der Waals surface area contributed by atoms with Crippen molar-refractivity contribution >= 4 is 39.6 Å². The summed E-state index contributed by atoms with van der Waals surface area (Å²) in [7, 11) is 0. The number of amides is 2. The Kier molecular flexibility index (Phi) is 5.61. The molecule has 1 heterocycles. The second-order valence-corrected chi connectivity index (χ2v) is 8.28. The van der Waals surface area contributed by atoms with Crippen LogP contribution < -0.4 is 22.3 Å². The van der Waals surface area contributed by atoms with E-state index < -0.39 is 0 Å². The third-order valence-electron chi connectivity index (χ3n) is 6.17. The fourth-order valence-corrected chi connectivity index (χ4v) is 4.41. The van der Waals surface area contributed by atoms with Crippen molar-refractivity contribution < 1.29 is 9.59 Å². The van der Waals surface area contributed by atoms with Crippen molar-refractivity contribution in [3.8, 4) is 11.1 Å². The van der Waals surface area contributed by atoms with E-state index in [0.717, 1.165) is 27.6 Å². The zero-order valence-electron chi connectivity index (χ0n) is 18.5. The van der Waals surface area contributed by atoms with E-state index in [1.54, 1.807) is 12.1 Å². The molecule has 0 fully saturated rings. The minimum absolute atomic E-state index is 0.228. The first-order valence-corrected chi connectivity index (χ1v) is 11.2. The van der Waals surface area contributed by atoms with E-state index in [1.807, 2.05) is 66.7 Å². The van der Waals surface area contributed by atoms with Crippen molar-refractivity contribution in [1.82, 2.24) is 4.90 Å². The highest BCUT2D eigenvalue weighted by Gasteiger charge is 2.32. The second-order valence-electron chi connectivity index (χ2n) is 8.28. The van der Waals surface area contributed by atoms with E-state index in [-0.39, 0.29) is 11.8 Å². The number of nitrogen functional groups attached to an aromatic ring is 2. The minimum Gasteiger partial charge on any atom is -0.397 e. The molecule has 1 aliphatic rings. The summed E-state index contributed by atoms with van der Waals surface area (Å²) >= 11 is 0. The molecule has 1 aliphatic heterocycles. The van der Waals surface area contributed by atoms with Gasteiger partial charge in [-0.1, -0.05) is 42.5 Å². The number of imide groups is 1. The molecule has 170 valence electrons. The highest BCUT2D eigenvalue weighted by atomic mass is 16.2. The lowest BCUT2D eigenvalue weighted by Gasteiger charge is -2.27. The van der Waals surface area contributed by atoms with Crippen LogP contribution in [0.4, 0.5) is 17.1 Å². The Labute approximate surface area is 197 Å². The maximum absolute atomic E-state index is 13.0. The third-order valence-corrected chi connectivity index (χ3v) is 6.17. The maximum Gasteiger partial charge on any atom is 0.261 e. The first-order chi connectivity index (χ1) is 16.6. The molecule has 4 aromatic rings. The van der Waals surface area contributed by atoms with Gasteiger partial charge in [-0.05, 0) is 59.3 Å². The lowest BCUT2D eigenvalue weighted by atomic mass is 9.94. The Balaban J connectivity index is 1.20. The maximum atomic E-state index is 13.0. The quantitative estimate of drug-likeness (QED) is 0.108. The van der Waals surface area contributed by atoms with Crippen LogP contribution in [0.25, 0.3) is 21.9 Å². The monoisotopic (exact) mass is 451 g/mol. The fourth-order valence-electron chi connectivity index (χ4n) is 4.41. The van der Waals surface area contributed by atoms with Gasteiger partial charge < -0.3 is 16.5 Å². The average Bonchev–Trinajstić information content (AvgIpc) is 2.87. The van der Waals surface area contributed by atoms with E-state index in [2.05, 4.69) is 10.7 Å². The molecule has 0 saturated heterocycles. The lowest BCUT2D eigenvalue weighted by Crippen LogP contribution is -2.41. The van der Waals surface area contributed by atoms with Gasteiger partial charge in [0.2, 0.25) is 0 Å². The van der Waals surface area contributed by atoms with E-state index in [9.17, 15) is 9.59 Å². The Morgan fingerprint density at radius 3 is 2.06 bits per heavy atom. The number of carbonyl (C=O) groups is 2. The molecule has 0 aromatic heterocycles. The molecule has 7 nitrogen and oxygen atoms in total. The van der Waals surface area contributed by atoms with Crippen molar-refractivity contribution in [1.29, 1.82) is 0 Å². The molecule has 6 N–H and O–H groups in total. The van der Waals surface area contributed by atoms with Gasteiger partial charge in [0, 0.05) is 35.3 Å². The number of benzene rings is 4. The van der Waals surface area contributed by atoms with Crippen LogP contribution in [0.15, 0.2) is 78.9 Å². The van der Waals surface area contributed by atoms with E-state index >= 15 is 0 Å². The lowest BCUT2D eigenvalue weighted by molar-refractivity contribution is 0.0610. The highest BCUT2D eigenvalue weighted by molar-refractivity contribution is 6.25. The van der Waals surface area contributed by atoms with Crippen LogP contribution in [0.2, 0.25) is 0 Å². The van der Waals surface area contributed by atoms with Crippen molar-refractivity contribution in [3.05, 3.63) is 90.0 Å². The Morgan fingerprint density at radius 1 is 0.794 bits per heavy atom. The summed E-state index contributed by atoms with van der Waals surface area (Å²) in [6.45, 7) is 0.986. The van der Waals surface area contributed by atoms with Crippen LogP contribution in [0.3, 0.4) is 0 Å². The molecule has 0 aliphatic carbocycles. The Morgan fingerprint density at radius 2 is 1.44 bits per heavy atom. The second kappa shape index (κ2) is 8.88. The molecule has 2 amide bonds. The zero-order valence-corrected chi connectivity index (χ0v) is 18.5. The molecule has 0 saturated carbocycles. The first-order valence-electron chi connectivity index (χ1n) is 11.2. The molecule has 0 unspecified atom stereocenters. The summed E-state index contributed by atoms with van der Waals surface area (Å²) in [4.78, 5) is 27.3. The smallest absolute Gasteiger partial charge is 0.261 e. The van der Waals surface area contributed by atoms with E-state index in [4.69, 9.17) is 11.6 Å². The van der Waals surface area contributed by atoms with Gasteiger partial charge in [0.25, 0.3) is 11.8 Å². The third kappa shape index (κ3) is 3.82. The summed E-state index contributed by atoms with van der Waals surface area (Å²) in [6, 6.07) is 24.9.